The lowest BCUT2D eigenvalue weighted by Crippen LogP contribution is -2.28. The molecule has 1 aliphatic rings. The molecule has 24 heavy (non-hydrogen) atoms. The average Bonchev–Trinajstić information content (AvgIpc) is 3.10. The maximum atomic E-state index is 12.9. The molecule has 3 aromatic heterocycles. The molecule has 1 aliphatic carbocycles. The third-order valence-electron chi connectivity index (χ3n) is 4.49. The van der Waals surface area contributed by atoms with Gasteiger partial charge in [0.1, 0.15) is 11.4 Å². The van der Waals surface area contributed by atoms with Crippen molar-refractivity contribution < 1.29 is 4.79 Å². The highest BCUT2D eigenvalue weighted by Gasteiger charge is 2.21. The van der Waals surface area contributed by atoms with Gasteiger partial charge in [-0.3, -0.25) is 14.2 Å². The first-order valence-electron chi connectivity index (χ1n) is 8.11. The molecule has 124 valence electrons. The van der Waals surface area contributed by atoms with Gasteiger partial charge in [-0.1, -0.05) is 0 Å². The van der Waals surface area contributed by atoms with Crippen molar-refractivity contribution in [3.63, 3.8) is 0 Å². The summed E-state index contributed by atoms with van der Waals surface area (Å²) in [7, 11) is 0. The van der Waals surface area contributed by atoms with Gasteiger partial charge >= 0.3 is 0 Å². The van der Waals surface area contributed by atoms with E-state index in [1.165, 1.54) is 26.9 Å². The van der Waals surface area contributed by atoms with Crippen LogP contribution in [0, 0.1) is 13.8 Å². The molecule has 0 N–H and O–H groups in total. The van der Waals surface area contributed by atoms with Gasteiger partial charge in [-0.2, -0.15) is 5.10 Å². The zero-order valence-corrected chi connectivity index (χ0v) is 14.5. The molecule has 0 atom stereocenters. The minimum atomic E-state index is -0.229. The summed E-state index contributed by atoms with van der Waals surface area (Å²) in [5.41, 5.74) is 2.59. The Balaban J connectivity index is 1.75. The smallest absolute Gasteiger partial charge is 0.267 e. The molecule has 0 aromatic carbocycles. The lowest BCUT2D eigenvalue weighted by Gasteiger charge is -2.10. The van der Waals surface area contributed by atoms with E-state index < -0.39 is 0 Å². The molecule has 7 heteroatoms. The zero-order valence-electron chi connectivity index (χ0n) is 13.7. The fourth-order valence-electron chi connectivity index (χ4n) is 3.39. The second-order valence-corrected chi connectivity index (χ2v) is 7.38. The van der Waals surface area contributed by atoms with Crippen molar-refractivity contribution in [3.05, 3.63) is 44.6 Å². The van der Waals surface area contributed by atoms with Gasteiger partial charge in [0.15, 0.2) is 0 Å². The molecule has 0 saturated heterocycles. The van der Waals surface area contributed by atoms with Crippen LogP contribution in [0.2, 0.25) is 0 Å². The summed E-state index contributed by atoms with van der Waals surface area (Å²) in [5, 5.41) is 4.90. The Labute approximate surface area is 142 Å². The third kappa shape index (κ3) is 2.39. The number of thiophene rings is 1. The van der Waals surface area contributed by atoms with Crippen molar-refractivity contribution in [2.45, 2.75) is 46.1 Å². The highest BCUT2D eigenvalue weighted by molar-refractivity contribution is 7.18. The molecule has 0 aliphatic heterocycles. The normalized spacial score (nSPS) is 14.1. The SMILES string of the molecule is Cc1cc(C)n(C(=O)Cn2cnc3sc4c(c3c2=O)CCCC4)n1. The number of rotatable bonds is 2. The topological polar surface area (TPSA) is 69.8 Å². The van der Waals surface area contributed by atoms with E-state index in [2.05, 4.69) is 10.1 Å². The summed E-state index contributed by atoms with van der Waals surface area (Å²) in [5.74, 6) is -0.229. The van der Waals surface area contributed by atoms with E-state index in [-0.39, 0.29) is 18.0 Å². The largest absolute Gasteiger partial charge is 0.289 e. The summed E-state index contributed by atoms with van der Waals surface area (Å²) in [6.07, 6.45) is 5.72. The second kappa shape index (κ2) is 5.66. The average molecular weight is 342 g/mol. The van der Waals surface area contributed by atoms with Crippen molar-refractivity contribution in [2.24, 2.45) is 0 Å². The van der Waals surface area contributed by atoms with E-state index in [1.807, 2.05) is 19.9 Å². The first-order chi connectivity index (χ1) is 11.5. The van der Waals surface area contributed by atoms with Crippen LogP contribution in [0.3, 0.4) is 0 Å². The maximum Gasteiger partial charge on any atom is 0.267 e. The Morgan fingerprint density at radius 3 is 2.83 bits per heavy atom. The zero-order chi connectivity index (χ0) is 16.8. The van der Waals surface area contributed by atoms with Gasteiger partial charge in [0.2, 0.25) is 0 Å². The van der Waals surface area contributed by atoms with Crippen molar-refractivity contribution in [2.75, 3.05) is 0 Å². The van der Waals surface area contributed by atoms with E-state index >= 15 is 0 Å². The minimum Gasteiger partial charge on any atom is -0.289 e. The van der Waals surface area contributed by atoms with Gasteiger partial charge in [-0.15, -0.1) is 11.3 Å². The number of aromatic nitrogens is 4. The predicted molar refractivity (Wildman–Crippen MR) is 92.8 cm³/mol. The molecule has 0 amide bonds. The van der Waals surface area contributed by atoms with Gasteiger partial charge < -0.3 is 0 Å². The van der Waals surface area contributed by atoms with Crippen LogP contribution < -0.4 is 5.56 Å². The summed E-state index contributed by atoms with van der Waals surface area (Å²) < 4.78 is 2.76. The summed E-state index contributed by atoms with van der Waals surface area (Å²) in [4.78, 5) is 31.8. The molecule has 0 radical (unpaired) electrons. The van der Waals surface area contributed by atoms with Crippen LogP contribution in [0.4, 0.5) is 0 Å². The number of aryl methyl sites for hydroxylation is 4. The second-order valence-electron chi connectivity index (χ2n) is 6.30. The maximum absolute atomic E-state index is 12.9. The van der Waals surface area contributed by atoms with Crippen LogP contribution in [0.1, 0.15) is 39.5 Å². The quantitative estimate of drug-likeness (QED) is 0.717. The first kappa shape index (κ1) is 15.3. The molecule has 3 heterocycles. The summed E-state index contributed by atoms with van der Waals surface area (Å²) in [6.45, 7) is 3.62. The van der Waals surface area contributed by atoms with Crippen molar-refractivity contribution in [3.8, 4) is 0 Å². The van der Waals surface area contributed by atoms with Gasteiger partial charge in [0, 0.05) is 10.6 Å². The first-order valence-corrected chi connectivity index (χ1v) is 8.92. The van der Waals surface area contributed by atoms with E-state index in [0.717, 1.165) is 41.0 Å². The fourth-order valence-corrected chi connectivity index (χ4v) is 4.61. The van der Waals surface area contributed by atoms with Crippen LogP contribution in [-0.4, -0.2) is 25.2 Å². The van der Waals surface area contributed by atoms with Crippen LogP contribution in [0.25, 0.3) is 10.2 Å². The van der Waals surface area contributed by atoms with Crippen LogP contribution in [0.15, 0.2) is 17.2 Å². The standard InChI is InChI=1S/C17H18N4O2S/c1-10-7-11(2)21(19-10)14(22)8-20-9-18-16-15(17(20)23)12-5-3-4-6-13(12)24-16/h7,9H,3-6,8H2,1-2H3. The molecule has 0 spiro atoms. The molecule has 0 unspecified atom stereocenters. The van der Waals surface area contributed by atoms with Crippen LogP contribution >= 0.6 is 11.3 Å². The third-order valence-corrected chi connectivity index (χ3v) is 5.69. The highest BCUT2D eigenvalue weighted by Crippen LogP contribution is 2.33. The molecular weight excluding hydrogens is 324 g/mol. The Bertz CT molecular complexity index is 1010. The highest BCUT2D eigenvalue weighted by atomic mass is 32.1. The minimum absolute atomic E-state index is 0.0473. The van der Waals surface area contributed by atoms with Gasteiger partial charge in [-0.25, -0.2) is 9.67 Å². The van der Waals surface area contributed by atoms with Crippen molar-refractivity contribution in [1.82, 2.24) is 19.3 Å². The molecular formula is C17H18N4O2S. The van der Waals surface area contributed by atoms with E-state index in [9.17, 15) is 9.59 Å². The molecule has 0 fully saturated rings. The fraction of sp³-hybridized carbons (Fsp3) is 0.412. The van der Waals surface area contributed by atoms with E-state index in [4.69, 9.17) is 0 Å². The van der Waals surface area contributed by atoms with Crippen LogP contribution in [-0.2, 0) is 19.4 Å². The lowest BCUT2D eigenvalue weighted by molar-refractivity contribution is 0.0870. The summed E-state index contributed by atoms with van der Waals surface area (Å²) >= 11 is 1.62. The van der Waals surface area contributed by atoms with Crippen molar-refractivity contribution in [1.29, 1.82) is 0 Å². The predicted octanol–water partition coefficient (Wildman–Crippen LogP) is 2.49. The molecule has 0 bridgehead atoms. The number of fused-ring (bicyclic) bond motifs is 3. The Morgan fingerprint density at radius 2 is 2.08 bits per heavy atom. The van der Waals surface area contributed by atoms with Gasteiger partial charge in [0.25, 0.3) is 11.5 Å². The van der Waals surface area contributed by atoms with E-state index in [1.54, 1.807) is 11.3 Å². The number of nitrogens with zero attached hydrogens (tertiary/aromatic N) is 4. The molecule has 6 nitrogen and oxygen atoms in total. The Morgan fingerprint density at radius 1 is 1.29 bits per heavy atom. The number of carbonyl (C=O) groups is 1. The Hall–Kier alpha value is -2.28. The van der Waals surface area contributed by atoms with E-state index in [0.29, 0.717) is 5.39 Å². The van der Waals surface area contributed by atoms with Crippen LogP contribution in [0.5, 0.6) is 0 Å². The molecule has 3 aromatic rings. The number of hydrogen-bond acceptors (Lipinski definition) is 5. The monoisotopic (exact) mass is 342 g/mol. The van der Waals surface area contributed by atoms with Gasteiger partial charge in [-0.05, 0) is 51.2 Å². The Kier molecular flexibility index (Phi) is 3.60. The summed E-state index contributed by atoms with van der Waals surface area (Å²) in [6, 6.07) is 1.84. The van der Waals surface area contributed by atoms with Crippen molar-refractivity contribution >= 4 is 27.5 Å². The number of hydrogen-bond donors (Lipinski definition) is 0. The lowest BCUT2D eigenvalue weighted by atomic mass is 9.97. The number of carbonyl (C=O) groups excluding carboxylic acids is 1. The van der Waals surface area contributed by atoms with Gasteiger partial charge in [0.05, 0.1) is 17.4 Å². The molecule has 4 rings (SSSR count). The molecule has 0 saturated carbocycles.